The lowest BCUT2D eigenvalue weighted by atomic mass is 10.0. The van der Waals surface area contributed by atoms with E-state index in [0.717, 1.165) is 112 Å². The maximum absolute atomic E-state index is 5.14. The molecule has 29 aromatic rings. The van der Waals surface area contributed by atoms with Gasteiger partial charge in [0.15, 0.2) is 11.5 Å². The van der Waals surface area contributed by atoms with Gasteiger partial charge in [-0.1, -0.05) is 237 Å². The Morgan fingerprint density at radius 2 is 0.641 bits per heavy atom. The fourth-order valence-electron chi connectivity index (χ4n) is 20.5. The highest BCUT2D eigenvalue weighted by molar-refractivity contribution is 7.25. The van der Waals surface area contributed by atoms with Gasteiger partial charge in [-0.25, -0.2) is 15.0 Å². The minimum absolute atomic E-state index is 0.612. The maximum Gasteiger partial charge on any atom is 0.180 e. The number of nitrogens with zero attached hydrogens (tertiary/aromatic N) is 12. The van der Waals surface area contributed by atoms with E-state index in [4.69, 9.17) is 29.9 Å². The first-order valence-electron chi connectivity index (χ1n) is 44.0. The van der Waals surface area contributed by atoms with Crippen LogP contribution in [0.15, 0.2) is 426 Å². The molecule has 131 heavy (non-hydrogen) atoms. The Bertz CT molecular complexity index is 9670. The number of para-hydroxylation sites is 2. The number of thiophene rings is 1. The lowest BCUT2D eigenvalue weighted by Gasteiger charge is -2.14. The van der Waals surface area contributed by atoms with E-state index in [-0.39, 0.29) is 0 Å². The van der Waals surface area contributed by atoms with Crippen LogP contribution in [-0.4, -0.2) is 58.1 Å². The summed E-state index contributed by atoms with van der Waals surface area (Å²) in [6, 6.07) is 137. The Balaban J connectivity index is 0.000000102. The molecule has 0 fully saturated rings. The van der Waals surface area contributed by atoms with Crippen molar-refractivity contribution in [1.29, 1.82) is 0 Å². The van der Waals surface area contributed by atoms with Crippen molar-refractivity contribution in [2.75, 3.05) is 0 Å². The van der Waals surface area contributed by atoms with E-state index in [0.29, 0.717) is 5.65 Å². The standard InChI is InChI=1S/C46H28N4.C40H23N3S.C32H19N5/c1-2-14-34(15-3-1)49-40-17-9-8-16-36(40)37-19-18-33(28-42(37)49)35-20-21-41(46-45(35)47-22-23-48-46)50-43-26-31-12-6-4-10-29(31)24-38(43)39-25-30-11-5-7-13-32(30)27-44(39)50;1-3-9-26-21-35-32(19-24(26)7-1)33-20-25-8-2-4-10-27(25)22-36(33)43(35)34-16-15-29(39-40(34)42-18-17-41-39)28-13-14-31-30-11-5-6-12-37(30)44-38(31)23-28;1-2-9-22-18-28-26(17-21(22)8-1)25-14-13-20-7-3-4-11-24(20)30(25)37(28)32-29(23-10-5-15-33-19-23)35-27-12-6-16-34-31(27)36-32/h1-28H;1-23H;1-19H. The van der Waals surface area contributed by atoms with Gasteiger partial charge in [0.2, 0.25) is 0 Å². The van der Waals surface area contributed by atoms with E-state index in [1.807, 2.05) is 60.4 Å². The van der Waals surface area contributed by atoms with E-state index >= 15 is 0 Å². The first-order valence-corrected chi connectivity index (χ1v) is 44.9. The summed E-state index contributed by atoms with van der Waals surface area (Å²) in [5, 5.41) is 26.9. The average Bonchev–Trinajstić information content (AvgIpc) is 1.57. The van der Waals surface area contributed by atoms with Crippen molar-refractivity contribution in [1.82, 2.24) is 58.1 Å². The van der Waals surface area contributed by atoms with Crippen molar-refractivity contribution in [3.8, 4) is 56.4 Å². The van der Waals surface area contributed by atoms with Crippen molar-refractivity contribution in [3.05, 3.63) is 426 Å². The number of aromatic nitrogens is 12. The minimum Gasteiger partial charge on any atom is -0.309 e. The molecule has 0 N–H and O–H groups in total. The predicted molar refractivity (Wildman–Crippen MR) is 546 cm³/mol. The van der Waals surface area contributed by atoms with E-state index < -0.39 is 0 Å². The van der Waals surface area contributed by atoms with Crippen LogP contribution in [0.1, 0.15) is 0 Å². The van der Waals surface area contributed by atoms with Gasteiger partial charge in [0.05, 0.1) is 66.5 Å². The number of fused-ring (bicyclic) bond motifs is 25. The van der Waals surface area contributed by atoms with Gasteiger partial charge in [-0.15, -0.1) is 11.3 Å². The Hall–Kier alpha value is -17.5. The first-order chi connectivity index (χ1) is 64.9. The van der Waals surface area contributed by atoms with Crippen LogP contribution >= 0.6 is 11.3 Å². The third-order valence-corrected chi connectivity index (χ3v) is 27.6. The molecule has 0 radical (unpaired) electrons. The van der Waals surface area contributed by atoms with Crippen LogP contribution in [0.4, 0.5) is 0 Å². The van der Waals surface area contributed by atoms with Gasteiger partial charge in [-0.05, 0) is 216 Å². The Kier molecular flexibility index (Phi) is 16.6. The molecule has 0 saturated heterocycles. The monoisotopic (exact) mass is 1690 g/mol. The molecule has 29 rings (SSSR count). The van der Waals surface area contributed by atoms with Crippen molar-refractivity contribution < 1.29 is 0 Å². The molecule has 0 aliphatic rings. The second-order valence-corrected chi connectivity index (χ2v) is 34.8. The molecule has 10 aromatic heterocycles. The van der Waals surface area contributed by atoms with Crippen LogP contribution < -0.4 is 0 Å². The second kappa shape index (κ2) is 29.6. The quantitative estimate of drug-likeness (QED) is 0.155. The number of hydrogen-bond acceptors (Lipinski definition) is 9. The Labute approximate surface area is 751 Å². The van der Waals surface area contributed by atoms with Gasteiger partial charge in [0.1, 0.15) is 22.2 Å². The average molecular weight is 1690 g/mol. The zero-order chi connectivity index (χ0) is 85.9. The summed E-state index contributed by atoms with van der Waals surface area (Å²) in [5.41, 5.74) is 23.4. The zero-order valence-corrected chi connectivity index (χ0v) is 71.0. The van der Waals surface area contributed by atoms with Gasteiger partial charge >= 0.3 is 0 Å². The summed E-state index contributed by atoms with van der Waals surface area (Å²) in [6.45, 7) is 0. The highest BCUT2D eigenvalue weighted by Crippen LogP contribution is 2.47. The molecule has 13 heteroatoms. The molecule has 0 saturated carbocycles. The molecule has 608 valence electrons. The molecule has 10 heterocycles. The SMILES string of the molecule is c1ccc(-n2c3ccccc3c3ccc(-c4ccc(-n5c6cc7ccccc7cc6c6cc7ccccc7cc65)c5nccnc45)cc32)cc1.c1ccc2cc3c(cc2c1)c1cc2ccccc2cc1n3-c1ccc(-c2ccc3c(c2)sc2ccccc23)c2nccnc12.c1cncc(-c2nc3cccnc3nc2-n2c3cc4ccccc4cc3c3ccc4ccccc4c32)c1. The molecular weight excluding hydrogens is 1620 g/mol. The normalized spacial score (nSPS) is 12.0. The van der Waals surface area contributed by atoms with Crippen LogP contribution in [0.2, 0.25) is 0 Å². The molecule has 0 aliphatic carbocycles. The van der Waals surface area contributed by atoms with Crippen LogP contribution in [0.5, 0.6) is 0 Å². The van der Waals surface area contributed by atoms with E-state index in [1.165, 1.54) is 144 Å². The molecule has 0 amide bonds. The Morgan fingerprint density at radius 1 is 0.221 bits per heavy atom. The van der Waals surface area contributed by atoms with Gasteiger partial charge < -0.3 is 13.7 Å². The number of rotatable bonds is 7. The fraction of sp³-hybridized carbons (Fsp3) is 0. The van der Waals surface area contributed by atoms with Gasteiger partial charge in [-0.2, -0.15) is 0 Å². The molecule has 19 aromatic carbocycles. The highest BCUT2D eigenvalue weighted by Gasteiger charge is 2.26. The molecule has 0 spiro atoms. The van der Waals surface area contributed by atoms with Crippen LogP contribution in [0.25, 0.3) is 262 Å². The molecule has 12 nitrogen and oxygen atoms in total. The third-order valence-electron chi connectivity index (χ3n) is 26.5. The number of benzene rings is 19. The number of pyridine rings is 2. The lowest BCUT2D eigenvalue weighted by molar-refractivity contribution is 1.07. The third kappa shape index (κ3) is 11.8. The summed E-state index contributed by atoms with van der Waals surface area (Å²) < 4.78 is 12.0. The van der Waals surface area contributed by atoms with Crippen molar-refractivity contribution in [2.24, 2.45) is 0 Å². The van der Waals surface area contributed by atoms with Gasteiger partial charge in [-0.3, -0.25) is 29.5 Å². The van der Waals surface area contributed by atoms with E-state index in [9.17, 15) is 0 Å². The fourth-order valence-corrected chi connectivity index (χ4v) is 21.7. The van der Waals surface area contributed by atoms with Crippen LogP contribution in [0, 0.1) is 0 Å². The molecule has 0 bridgehead atoms. The minimum atomic E-state index is 0.612. The van der Waals surface area contributed by atoms with E-state index in [1.54, 1.807) is 18.6 Å². The van der Waals surface area contributed by atoms with Crippen molar-refractivity contribution in [3.63, 3.8) is 0 Å². The first kappa shape index (κ1) is 73.8. The van der Waals surface area contributed by atoms with E-state index in [2.05, 4.69) is 386 Å². The molecule has 0 aliphatic heterocycles. The van der Waals surface area contributed by atoms with Crippen molar-refractivity contribution >= 4 is 217 Å². The zero-order valence-electron chi connectivity index (χ0n) is 70.2. The summed E-state index contributed by atoms with van der Waals surface area (Å²) >= 11 is 1.84. The smallest absolute Gasteiger partial charge is 0.180 e. The molecular formula is C118H70N12S. The topological polar surface area (TPSA) is 123 Å². The molecule has 0 unspecified atom stereocenters. The lowest BCUT2D eigenvalue weighted by Crippen LogP contribution is -2.04. The summed E-state index contributed by atoms with van der Waals surface area (Å²) in [5.74, 6) is 0.742. The van der Waals surface area contributed by atoms with Gasteiger partial charge in [0, 0.05) is 134 Å². The van der Waals surface area contributed by atoms with Crippen LogP contribution in [0.3, 0.4) is 0 Å². The van der Waals surface area contributed by atoms with Crippen molar-refractivity contribution in [2.45, 2.75) is 0 Å². The summed E-state index contributed by atoms with van der Waals surface area (Å²) in [4.78, 5) is 39.1. The highest BCUT2D eigenvalue weighted by atomic mass is 32.1. The maximum atomic E-state index is 5.14. The van der Waals surface area contributed by atoms with Gasteiger partial charge in [0.25, 0.3) is 0 Å². The Morgan fingerprint density at radius 3 is 1.18 bits per heavy atom. The largest absolute Gasteiger partial charge is 0.309 e. The second-order valence-electron chi connectivity index (χ2n) is 33.8. The summed E-state index contributed by atoms with van der Waals surface area (Å²) in [7, 11) is 0. The number of hydrogen-bond donors (Lipinski definition) is 0. The van der Waals surface area contributed by atoms with Crippen LogP contribution in [-0.2, 0) is 0 Å². The molecule has 0 atom stereocenters. The summed E-state index contributed by atoms with van der Waals surface area (Å²) in [6.07, 6.45) is 12.6. The predicted octanol–water partition coefficient (Wildman–Crippen LogP) is 30.4.